The number of carbonyl (C=O) groups is 3. The second kappa shape index (κ2) is 9.57. The van der Waals surface area contributed by atoms with E-state index in [2.05, 4.69) is 5.32 Å². The van der Waals surface area contributed by atoms with Gasteiger partial charge in [0.15, 0.2) is 0 Å². The summed E-state index contributed by atoms with van der Waals surface area (Å²) in [5.74, 6) is -0.0137. The second-order valence-corrected chi connectivity index (χ2v) is 8.02. The zero-order valence-corrected chi connectivity index (χ0v) is 17.3. The fraction of sp³-hybridized carbons (Fsp3) is 0.571. The molecule has 1 aromatic carbocycles. The van der Waals surface area contributed by atoms with Gasteiger partial charge in [0, 0.05) is 44.7 Å². The molecule has 0 aromatic heterocycles. The Bertz CT molecular complexity index is 712. The third kappa shape index (κ3) is 6.55. The van der Waals surface area contributed by atoms with Crippen molar-refractivity contribution in [3.63, 3.8) is 0 Å². The molecule has 0 unspecified atom stereocenters. The van der Waals surface area contributed by atoms with Gasteiger partial charge in [-0.1, -0.05) is 18.2 Å². The third-order valence-electron chi connectivity index (χ3n) is 4.52. The summed E-state index contributed by atoms with van der Waals surface area (Å²) >= 11 is 0. The number of hydrogen-bond donors (Lipinski definition) is 1. The lowest BCUT2D eigenvalue weighted by molar-refractivity contribution is -0.130. The number of hydrogen-bond acceptors (Lipinski definition) is 4. The minimum absolute atomic E-state index is 0.0130. The maximum absolute atomic E-state index is 12.8. The highest BCUT2D eigenvalue weighted by atomic mass is 16.6. The summed E-state index contributed by atoms with van der Waals surface area (Å²) in [6, 6.07) is 7.55. The minimum atomic E-state index is -0.564. The molecule has 7 nitrogen and oxygen atoms in total. The molecule has 1 aliphatic heterocycles. The van der Waals surface area contributed by atoms with E-state index < -0.39 is 11.7 Å². The molecule has 1 N–H and O–H groups in total. The normalized spacial score (nSPS) is 15.0. The van der Waals surface area contributed by atoms with Gasteiger partial charge in [0.05, 0.1) is 0 Å². The van der Waals surface area contributed by atoms with Crippen LogP contribution in [0.2, 0.25) is 0 Å². The van der Waals surface area contributed by atoms with Gasteiger partial charge in [0.25, 0.3) is 5.91 Å². The number of alkyl carbamates (subject to hydrolysis) is 1. The molecule has 0 atom stereocenters. The van der Waals surface area contributed by atoms with E-state index in [4.69, 9.17) is 4.74 Å². The van der Waals surface area contributed by atoms with Crippen molar-refractivity contribution < 1.29 is 19.1 Å². The maximum atomic E-state index is 12.8. The molecule has 1 aromatic rings. The smallest absolute Gasteiger partial charge is 0.407 e. The van der Waals surface area contributed by atoms with E-state index in [1.54, 1.807) is 25.7 Å². The molecule has 1 saturated heterocycles. The summed E-state index contributed by atoms with van der Waals surface area (Å²) in [5, 5.41) is 2.61. The van der Waals surface area contributed by atoms with Gasteiger partial charge in [-0.3, -0.25) is 9.59 Å². The van der Waals surface area contributed by atoms with Crippen molar-refractivity contribution in [3.8, 4) is 0 Å². The van der Waals surface area contributed by atoms with E-state index in [0.717, 1.165) is 12.0 Å². The van der Waals surface area contributed by atoms with Crippen molar-refractivity contribution in [1.29, 1.82) is 0 Å². The average Bonchev–Trinajstić information content (AvgIpc) is 2.86. The average molecular weight is 389 g/mol. The highest BCUT2D eigenvalue weighted by Gasteiger charge is 2.23. The first-order valence-electron chi connectivity index (χ1n) is 9.77. The number of rotatable bonds is 4. The highest BCUT2D eigenvalue weighted by Crippen LogP contribution is 2.13. The van der Waals surface area contributed by atoms with Gasteiger partial charge in [0.1, 0.15) is 5.60 Å². The monoisotopic (exact) mass is 389 g/mol. The van der Waals surface area contributed by atoms with Gasteiger partial charge in [0.2, 0.25) is 5.91 Å². The van der Waals surface area contributed by atoms with Crippen LogP contribution in [0.5, 0.6) is 0 Å². The van der Waals surface area contributed by atoms with Gasteiger partial charge < -0.3 is 19.9 Å². The molecule has 1 heterocycles. The van der Waals surface area contributed by atoms with Crippen LogP contribution >= 0.6 is 0 Å². The second-order valence-electron chi connectivity index (χ2n) is 8.02. The fourth-order valence-electron chi connectivity index (χ4n) is 3.10. The van der Waals surface area contributed by atoms with Crippen molar-refractivity contribution in [2.24, 2.45) is 0 Å². The first kappa shape index (κ1) is 21.7. The number of amides is 3. The van der Waals surface area contributed by atoms with Crippen LogP contribution in [0.15, 0.2) is 24.3 Å². The van der Waals surface area contributed by atoms with Crippen LogP contribution < -0.4 is 5.32 Å². The molecule has 1 aliphatic rings. The van der Waals surface area contributed by atoms with Gasteiger partial charge in [-0.2, -0.15) is 0 Å². The molecule has 7 heteroatoms. The molecule has 0 spiro atoms. The number of nitrogens with one attached hydrogen (secondary N) is 1. The van der Waals surface area contributed by atoms with E-state index in [1.165, 1.54) is 0 Å². The van der Waals surface area contributed by atoms with Crippen LogP contribution in [0.3, 0.4) is 0 Å². The summed E-state index contributed by atoms with van der Waals surface area (Å²) in [7, 11) is 0. The van der Waals surface area contributed by atoms with Crippen LogP contribution in [0.4, 0.5) is 4.79 Å². The zero-order chi connectivity index (χ0) is 20.7. The Morgan fingerprint density at radius 1 is 1.04 bits per heavy atom. The number of benzene rings is 1. The minimum Gasteiger partial charge on any atom is -0.444 e. The van der Waals surface area contributed by atoms with E-state index in [-0.39, 0.29) is 24.8 Å². The van der Waals surface area contributed by atoms with E-state index in [0.29, 0.717) is 31.7 Å². The van der Waals surface area contributed by atoms with E-state index >= 15 is 0 Å². The Labute approximate surface area is 167 Å². The van der Waals surface area contributed by atoms with Gasteiger partial charge in [-0.05, 0) is 45.7 Å². The molecule has 0 bridgehead atoms. The first-order chi connectivity index (χ1) is 13.2. The topological polar surface area (TPSA) is 79.0 Å². The molecule has 2 rings (SSSR count). The lowest BCUT2D eigenvalue weighted by Gasteiger charge is -2.23. The molecule has 154 valence electrons. The van der Waals surface area contributed by atoms with Crippen molar-refractivity contribution in [2.45, 2.75) is 46.1 Å². The highest BCUT2D eigenvalue weighted by molar-refractivity contribution is 5.95. The molecule has 0 saturated carbocycles. The van der Waals surface area contributed by atoms with Crippen LogP contribution in [-0.2, 0) is 9.53 Å². The summed E-state index contributed by atoms with van der Waals surface area (Å²) in [5.41, 5.74) is 1.10. The Kier molecular flexibility index (Phi) is 7.43. The molecule has 0 radical (unpaired) electrons. The largest absolute Gasteiger partial charge is 0.444 e. The molecular formula is C21H31N3O4. The maximum Gasteiger partial charge on any atom is 0.407 e. The van der Waals surface area contributed by atoms with E-state index in [1.807, 2.05) is 36.1 Å². The predicted molar refractivity (Wildman–Crippen MR) is 107 cm³/mol. The number of nitrogens with zero attached hydrogens (tertiary/aromatic N) is 2. The number of aryl methyl sites for hydroxylation is 1. The summed E-state index contributed by atoms with van der Waals surface area (Å²) in [4.78, 5) is 40.4. The van der Waals surface area contributed by atoms with Gasteiger partial charge in [-0.25, -0.2) is 4.79 Å². The number of carbonyl (C=O) groups excluding carboxylic acids is 3. The Balaban J connectivity index is 1.81. The molecule has 0 aliphatic carbocycles. The quantitative estimate of drug-likeness (QED) is 0.858. The van der Waals surface area contributed by atoms with Crippen molar-refractivity contribution in [3.05, 3.63) is 35.4 Å². The molecular weight excluding hydrogens is 358 g/mol. The van der Waals surface area contributed by atoms with Crippen molar-refractivity contribution in [2.75, 3.05) is 32.7 Å². The van der Waals surface area contributed by atoms with Crippen LogP contribution in [0.1, 0.15) is 49.5 Å². The predicted octanol–water partition coefficient (Wildman–Crippen LogP) is 2.58. The third-order valence-corrected chi connectivity index (χ3v) is 4.52. The zero-order valence-electron chi connectivity index (χ0n) is 17.3. The molecule has 28 heavy (non-hydrogen) atoms. The van der Waals surface area contributed by atoms with Crippen LogP contribution in [-0.4, -0.2) is 66.0 Å². The Hall–Kier alpha value is -2.57. The first-order valence-corrected chi connectivity index (χ1v) is 9.77. The number of ether oxygens (including phenoxy) is 1. The van der Waals surface area contributed by atoms with Crippen molar-refractivity contribution >= 4 is 17.9 Å². The lowest BCUT2D eigenvalue weighted by Crippen LogP contribution is -2.39. The summed E-state index contributed by atoms with van der Waals surface area (Å²) in [6.45, 7) is 9.79. The Morgan fingerprint density at radius 2 is 1.68 bits per heavy atom. The summed E-state index contributed by atoms with van der Waals surface area (Å²) in [6.07, 6.45) is 0.430. The van der Waals surface area contributed by atoms with Gasteiger partial charge >= 0.3 is 6.09 Å². The lowest BCUT2D eigenvalue weighted by atomic mass is 10.1. The standard InChI is InChI=1S/C21H31N3O4/c1-16-8-5-6-9-17(16)19(26)24-13-7-12-23(14-15-24)18(25)10-11-22-20(27)28-21(2,3)4/h5-6,8-9H,7,10-15H2,1-4H3,(H,22,27). The van der Waals surface area contributed by atoms with Crippen LogP contribution in [0, 0.1) is 6.92 Å². The fourth-order valence-corrected chi connectivity index (χ4v) is 3.10. The summed E-state index contributed by atoms with van der Waals surface area (Å²) < 4.78 is 5.16. The van der Waals surface area contributed by atoms with Crippen LogP contribution in [0.25, 0.3) is 0 Å². The Morgan fingerprint density at radius 3 is 2.36 bits per heavy atom. The molecule has 1 fully saturated rings. The molecule has 3 amide bonds. The van der Waals surface area contributed by atoms with Gasteiger partial charge in [-0.15, -0.1) is 0 Å². The SMILES string of the molecule is Cc1ccccc1C(=O)N1CCCN(C(=O)CCNC(=O)OC(C)(C)C)CC1. The van der Waals surface area contributed by atoms with Crippen molar-refractivity contribution in [1.82, 2.24) is 15.1 Å². The van der Waals surface area contributed by atoms with E-state index in [9.17, 15) is 14.4 Å².